The molecule has 2 aromatic carbocycles. The van der Waals surface area contributed by atoms with E-state index in [1.807, 2.05) is 0 Å². The summed E-state index contributed by atoms with van der Waals surface area (Å²) in [5.74, 6) is -0.0207. The molecule has 1 N–H and O–H groups in total. The Morgan fingerprint density at radius 3 is 2.55 bits per heavy atom. The molecule has 0 aliphatic heterocycles. The number of carbonyl (C=O) groups is 1. The first-order valence-electron chi connectivity index (χ1n) is 9.26. The molecular formula is C20H21ClN4O4S2. The van der Waals surface area contributed by atoms with Gasteiger partial charge in [0.05, 0.1) is 19.1 Å². The number of aromatic nitrogens is 2. The van der Waals surface area contributed by atoms with E-state index in [1.165, 1.54) is 18.4 Å². The lowest BCUT2D eigenvalue weighted by molar-refractivity contribution is -0.117. The van der Waals surface area contributed by atoms with Gasteiger partial charge in [0.15, 0.2) is 0 Å². The van der Waals surface area contributed by atoms with Crippen LogP contribution in [0.2, 0.25) is 5.02 Å². The highest BCUT2D eigenvalue weighted by molar-refractivity contribution is 7.92. The fraction of sp³-hybridized carbons (Fsp3) is 0.250. The lowest BCUT2D eigenvalue weighted by atomic mass is 10.2. The second kappa shape index (κ2) is 9.63. The Morgan fingerprint density at radius 2 is 1.94 bits per heavy atom. The van der Waals surface area contributed by atoms with Crippen molar-refractivity contribution in [1.82, 2.24) is 10.2 Å². The van der Waals surface area contributed by atoms with Crippen LogP contribution < -0.4 is 14.4 Å². The minimum atomic E-state index is -3.76. The van der Waals surface area contributed by atoms with E-state index in [0.717, 1.165) is 16.1 Å². The summed E-state index contributed by atoms with van der Waals surface area (Å²) in [6.07, 6.45) is 1.31. The Bertz CT molecular complexity index is 1170. The predicted octanol–water partition coefficient (Wildman–Crippen LogP) is 4.05. The van der Waals surface area contributed by atoms with Crippen molar-refractivity contribution >= 4 is 49.7 Å². The van der Waals surface area contributed by atoms with Gasteiger partial charge in [0.1, 0.15) is 16.8 Å². The van der Waals surface area contributed by atoms with E-state index < -0.39 is 22.0 Å². The zero-order valence-electron chi connectivity index (χ0n) is 17.1. The summed E-state index contributed by atoms with van der Waals surface area (Å²) < 4.78 is 31.4. The average molecular weight is 481 g/mol. The first-order valence-corrected chi connectivity index (χ1v) is 12.3. The molecule has 3 rings (SSSR count). The van der Waals surface area contributed by atoms with E-state index in [0.29, 0.717) is 21.5 Å². The zero-order chi connectivity index (χ0) is 22.6. The van der Waals surface area contributed by atoms with E-state index >= 15 is 0 Å². The largest absolute Gasteiger partial charge is 0.497 e. The predicted molar refractivity (Wildman–Crippen MR) is 123 cm³/mol. The summed E-state index contributed by atoms with van der Waals surface area (Å²) in [4.78, 5) is 13.0. The first kappa shape index (κ1) is 23.0. The summed E-state index contributed by atoms with van der Waals surface area (Å²) >= 11 is 7.09. The topological polar surface area (TPSA) is 101 Å². The Hall–Kier alpha value is -2.69. The Labute approximate surface area is 189 Å². The van der Waals surface area contributed by atoms with Crippen molar-refractivity contribution < 1.29 is 17.9 Å². The fourth-order valence-electron chi connectivity index (χ4n) is 2.98. The van der Waals surface area contributed by atoms with E-state index in [2.05, 4.69) is 15.5 Å². The second-order valence-electron chi connectivity index (χ2n) is 6.59. The number of benzene rings is 2. The SMILES string of the molecule is CC[C@@H](C(=O)Nc1nnc(-c2ccc(Cl)cc2)s1)N(c1cccc(OC)c1)S(C)(=O)=O. The molecule has 0 saturated carbocycles. The second-order valence-corrected chi connectivity index (χ2v) is 9.87. The molecule has 0 bridgehead atoms. The Morgan fingerprint density at radius 1 is 1.23 bits per heavy atom. The van der Waals surface area contributed by atoms with Crippen LogP contribution in [0.1, 0.15) is 13.3 Å². The maximum Gasteiger partial charge on any atom is 0.250 e. The van der Waals surface area contributed by atoms with Gasteiger partial charge in [-0.1, -0.05) is 48.1 Å². The molecule has 0 spiro atoms. The molecule has 0 aliphatic rings. The number of anilines is 2. The summed E-state index contributed by atoms with van der Waals surface area (Å²) in [7, 11) is -2.27. The number of methoxy groups -OCH3 is 1. The molecule has 1 heterocycles. The third-order valence-corrected chi connectivity index (χ3v) is 6.70. The maximum atomic E-state index is 13.0. The van der Waals surface area contributed by atoms with Crippen molar-refractivity contribution in [1.29, 1.82) is 0 Å². The fourth-order valence-corrected chi connectivity index (χ4v) is 5.06. The summed E-state index contributed by atoms with van der Waals surface area (Å²) in [5, 5.41) is 12.3. The molecule has 1 aromatic heterocycles. The summed E-state index contributed by atoms with van der Waals surface area (Å²) in [6, 6.07) is 12.7. The molecule has 1 amide bonds. The highest BCUT2D eigenvalue weighted by Gasteiger charge is 2.32. The lowest BCUT2D eigenvalue weighted by Gasteiger charge is -2.29. The van der Waals surface area contributed by atoms with Gasteiger partial charge in [0.2, 0.25) is 21.1 Å². The van der Waals surface area contributed by atoms with Crippen LogP contribution in [0.4, 0.5) is 10.8 Å². The van der Waals surface area contributed by atoms with Crippen molar-refractivity contribution in [3.63, 3.8) is 0 Å². The zero-order valence-corrected chi connectivity index (χ0v) is 19.5. The van der Waals surface area contributed by atoms with Gasteiger partial charge in [-0.3, -0.25) is 14.4 Å². The summed E-state index contributed by atoms with van der Waals surface area (Å²) in [5.41, 5.74) is 1.14. The van der Waals surface area contributed by atoms with Crippen LogP contribution in [0.15, 0.2) is 48.5 Å². The quantitative estimate of drug-likeness (QED) is 0.522. The molecule has 0 aliphatic carbocycles. The number of hydrogen-bond donors (Lipinski definition) is 1. The van der Waals surface area contributed by atoms with Crippen LogP contribution >= 0.6 is 22.9 Å². The monoisotopic (exact) mass is 480 g/mol. The molecule has 8 nitrogen and oxygen atoms in total. The van der Waals surface area contributed by atoms with Crippen molar-refractivity contribution in [3.8, 4) is 16.3 Å². The van der Waals surface area contributed by atoms with Gasteiger partial charge in [-0.05, 0) is 30.7 Å². The Kier molecular flexibility index (Phi) is 7.14. The van der Waals surface area contributed by atoms with E-state index in [-0.39, 0.29) is 11.6 Å². The van der Waals surface area contributed by atoms with Gasteiger partial charge >= 0.3 is 0 Å². The molecule has 0 unspecified atom stereocenters. The number of halogens is 1. The number of amides is 1. The van der Waals surface area contributed by atoms with Crippen LogP contribution in [-0.2, 0) is 14.8 Å². The minimum Gasteiger partial charge on any atom is -0.497 e. The van der Waals surface area contributed by atoms with E-state index in [4.69, 9.17) is 16.3 Å². The van der Waals surface area contributed by atoms with Gasteiger partial charge in [-0.2, -0.15) is 0 Å². The van der Waals surface area contributed by atoms with Crippen molar-refractivity contribution in [2.45, 2.75) is 19.4 Å². The van der Waals surface area contributed by atoms with Gasteiger partial charge in [-0.15, -0.1) is 10.2 Å². The highest BCUT2D eigenvalue weighted by Crippen LogP contribution is 2.29. The van der Waals surface area contributed by atoms with Gasteiger partial charge in [0.25, 0.3) is 0 Å². The van der Waals surface area contributed by atoms with Crippen molar-refractivity contribution in [3.05, 3.63) is 53.6 Å². The smallest absolute Gasteiger partial charge is 0.250 e. The van der Waals surface area contributed by atoms with Crippen LogP contribution in [0, 0.1) is 0 Å². The molecule has 1 atom stereocenters. The molecule has 3 aromatic rings. The number of nitrogens with one attached hydrogen (secondary N) is 1. The first-order chi connectivity index (χ1) is 14.7. The highest BCUT2D eigenvalue weighted by atomic mass is 35.5. The van der Waals surface area contributed by atoms with Crippen LogP contribution in [0.25, 0.3) is 10.6 Å². The van der Waals surface area contributed by atoms with E-state index in [1.54, 1.807) is 55.5 Å². The van der Waals surface area contributed by atoms with Crippen LogP contribution in [0.5, 0.6) is 5.75 Å². The summed E-state index contributed by atoms with van der Waals surface area (Å²) in [6.45, 7) is 1.74. The molecular weight excluding hydrogens is 460 g/mol. The van der Waals surface area contributed by atoms with Gasteiger partial charge in [-0.25, -0.2) is 8.42 Å². The molecule has 0 fully saturated rings. The molecule has 0 radical (unpaired) electrons. The molecule has 0 saturated heterocycles. The van der Waals surface area contributed by atoms with Crippen LogP contribution in [-0.4, -0.2) is 43.9 Å². The van der Waals surface area contributed by atoms with Crippen LogP contribution in [0.3, 0.4) is 0 Å². The van der Waals surface area contributed by atoms with Crippen molar-refractivity contribution in [2.24, 2.45) is 0 Å². The number of nitrogens with zero attached hydrogens (tertiary/aromatic N) is 3. The molecule has 31 heavy (non-hydrogen) atoms. The number of sulfonamides is 1. The maximum absolute atomic E-state index is 13.0. The third-order valence-electron chi connectivity index (χ3n) is 4.38. The van der Waals surface area contributed by atoms with Crippen molar-refractivity contribution in [2.75, 3.05) is 23.0 Å². The Balaban J connectivity index is 1.86. The number of ether oxygens (including phenoxy) is 1. The number of hydrogen-bond acceptors (Lipinski definition) is 7. The lowest BCUT2D eigenvalue weighted by Crippen LogP contribution is -2.47. The number of rotatable bonds is 8. The van der Waals surface area contributed by atoms with Gasteiger partial charge < -0.3 is 4.74 Å². The van der Waals surface area contributed by atoms with Gasteiger partial charge in [0, 0.05) is 16.7 Å². The third kappa shape index (κ3) is 5.52. The molecule has 11 heteroatoms. The average Bonchev–Trinajstić information content (AvgIpc) is 3.19. The normalized spacial score (nSPS) is 12.3. The molecule has 164 valence electrons. The minimum absolute atomic E-state index is 0.249. The standard InChI is InChI=1S/C20H21ClN4O4S2/c1-4-17(25(31(3,27)28)15-6-5-7-16(12-15)29-2)18(26)22-20-24-23-19(30-20)13-8-10-14(21)11-9-13/h5-12,17H,4H2,1-3H3,(H,22,24,26)/t17-/m0/s1. The number of carbonyl (C=O) groups excluding carboxylic acids is 1. The van der Waals surface area contributed by atoms with E-state index in [9.17, 15) is 13.2 Å².